The van der Waals surface area contributed by atoms with Gasteiger partial charge >= 0.3 is 0 Å². The third-order valence-corrected chi connectivity index (χ3v) is 3.68. The normalized spacial score (nSPS) is 20.5. The van der Waals surface area contributed by atoms with E-state index in [9.17, 15) is 0 Å². The molecule has 4 heteroatoms. The Hall–Kier alpha value is -1.13. The fourth-order valence-electron chi connectivity index (χ4n) is 2.76. The molecule has 1 aromatic heterocycles. The lowest BCUT2D eigenvalue weighted by Gasteiger charge is -2.29. The number of pyridine rings is 1. The van der Waals surface area contributed by atoms with Crippen molar-refractivity contribution in [2.45, 2.75) is 26.3 Å². The van der Waals surface area contributed by atoms with Gasteiger partial charge in [-0.05, 0) is 45.8 Å². The van der Waals surface area contributed by atoms with E-state index in [0.29, 0.717) is 0 Å². The number of piperidine rings is 1. The first-order valence-electron chi connectivity index (χ1n) is 7.08. The predicted molar refractivity (Wildman–Crippen MR) is 77.5 cm³/mol. The van der Waals surface area contributed by atoms with Crippen LogP contribution in [0.4, 0.5) is 0 Å². The molecule has 0 spiro atoms. The summed E-state index contributed by atoms with van der Waals surface area (Å²) in [6, 6.07) is 3.96. The molecule has 19 heavy (non-hydrogen) atoms. The molecule has 4 nitrogen and oxygen atoms in total. The number of methoxy groups -OCH3 is 1. The van der Waals surface area contributed by atoms with E-state index in [4.69, 9.17) is 4.74 Å². The molecule has 1 atom stereocenters. The van der Waals surface area contributed by atoms with Gasteiger partial charge in [0.25, 0.3) is 0 Å². The smallest absolute Gasteiger partial charge is 0.122 e. The minimum Gasteiger partial charge on any atom is -0.497 e. The molecular formula is C15H25N3O. The first kappa shape index (κ1) is 14.3. The molecule has 0 aromatic carbocycles. The molecule has 1 aliphatic heterocycles. The monoisotopic (exact) mass is 263 g/mol. The molecule has 1 saturated heterocycles. The third-order valence-electron chi connectivity index (χ3n) is 3.68. The Bertz CT molecular complexity index is 408. The summed E-state index contributed by atoms with van der Waals surface area (Å²) >= 11 is 0. The lowest BCUT2D eigenvalue weighted by atomic mass is 9.98. The topological polar surface area (TPSA) is 37.4 Å². The molecule has 1 fully saturated rings. The number of likely N-dealkylation sites (tertiary alicyclic amines) is 1. The summed E-state index contributed by atoms with van der Waals surface area (Å²) < 4.78 is 5.27. The molecule has 0 bridgehead atoms. The van der Waals surface area contributed by atoms with E-state index in [-0.39, 0.29) is 0 Å². The van der Waals surface area contributed by atoms with Gasteiger partial charge in [0.15, 0.2) is 0 Å². The van der Waals surface area contributed by atoms with Gasteiger partial charge in [-0.15, -0.1) is 0 Å². The van der Waals surface area contributed by atoms with Crippen molar-refractivity contribution in [2.24, 2.45) is 5.92 Å². The van der Waals surface area contributed by atoms with Crippen LogP contribution in [0.5, 0.6) is 5.75 Å². The first-order valence-corrected chi connectivity index (χ1v) is 7.08. The average molecular weight is 263 g/mol. The number of aryl methyl sites for hydroxylation is 1. The van der Waals surface area contributed by atoms with E-state index in [1.807, 2.05) is 19.1 Å². The van der Waals surface area contributed by atoms with E-state index in [1.54, 1.807) is 7.11 Å². The van der Waals surface area contributed by atoms with Gasteiger partial charge in [-0.25, -0.2) is 0 Å². The van der Waals surface area contributed by atoms with E-state index in [0.717, 1.165) is 36.1 Å². The van der Waals surface area contributed by atoms with Crippen molar-refractivity contribution in [2.75, 3.05) is 33.8 Å². The third kappa shape index (κ3) is 4.48. The highest BCUT2D eigenvalue weighted by molar-refractivity contribution is 5.26. The largest absolute Gasteiger partial charge is 0.497 e. The Morgan fingerprint density at radius 1 is 1.47 bits per heavy atom. The number of aromatic nitrogens is 1. The molecule has 2 rings (SSSR count). The second kappa shape index (κ2) is 6.87. The fourth-order valence-corrected chi connectivity index (χ4v) is 2.76. The Morgan fingerprint density at radius 3 is 3.05 bits per heavy atom. The minimum absolute atomic E-state index is 0.769. The summed E-state index contributed by atoms with van der Waals surface area (Å²) in [6.07, 6.45) is 2.65. The van der Waals surface area contributed by atoms with E-state index in [2.05, 4.69) is 22.2 Å². The molecular weight excluding hydrogens is 238 g/mol. The molecule has 0 amide bonds. The maximum atomic E-state index is 5.27. The van der Waals surface area contributed by atoms with Crippen LogP contribution in [0.25, 0.3) is 0 Å². The lowest BCUT2D eigenvalue weighted by molar-refractivity contribution is 0.206. The maximum Gasteiger partial charge on any atom is 0.122 e. The standard InChI is InChI=1S/C15H25N3O/c1-12-7-15(19-3)8-14(17-12)10-16-9-13-5-4-6-18(2)11-13/h7-8,13,16H,4-6,9-11H2,1-3H3. The number of hydrogen-bond donors (Lipinski definition) is 1. The molecule has 1 aromatic rings. The van der Waals surface area contributed by atoms with Crippen LogP contribution >= 0.6 is 0 Å². The molecule has 106 valence electrons. The van der Waals surface area contributed by atoms with Crippen molar-refractivity contribution < 1.29 is 4.74 Å². The van der Waals surface area contributed by atoms with Crippen LogP contribution in [0.1, 0.15) is 24.2 Å². The molecule has 0 saturated carbocycles. The quantitative estimate of drug-likeness (QED) is 0.879. The van der Waals surface area contributed by atoms with Crippen molar-refractivity contribution >= 4 is 0 Å². The second-order valence-electron chi connectivity index (χ2n) is 5.54. The van der Waals surface area contributed by atoms with Gasteiger partial charge in [0.1, 0.15) is 5.75 Å². The van der Waals surface area contributed by atoms with Crippen LogP contribution in [0.2, 0.25) is 0 Å². The SMILES string of the molecule is COc1cc(C)nc(CNCC2CCCN(C)C2)c1. The zero-order chi connectivity index (χ0) is 13.7. The molecule has 0 radical (unpaired) electrons. The van der Waals surface area contributed by atoms with Crippen molar-refractivity contribution in [1.29, 1.82) is 0 Å². The van der Waals surface area contributed by atoms with Crippen LogP contribution < -0.4 is 10.1 Å². The number of ether oxygens (including phenoxy) is 1. The van der Waals surface area contributed by atoms with Gasteiger partial charge in [-0.3, -0.25) is 4.98 Å². The summed E-state index contributed by atoms with van der Waals surface area (Å²) in [6.45, 7) is 6.34. The van der Waals surface area contributed by atoms with Crippen LogP contribution in [0, 0.1) is 12.8 Å². The lowest BCUT2D eigenvalue weighted by Crippen LogP contribution is -2.37. The van der Waals surface area contributed by atoms with Crippen LogP contribution in [0.15, 0.2) is 12.1 Å². The van der Waals surface area contributed by atoms with Crippen molar-refractivity contribution in [1.82, 2.24) is 15.2 Å². The molecule has 0 aliphatic carbocycles. The number of hydrogen-bond acceptors (Lipinski definition) is 4. The summed E-state index contributed by atoms with van der Waals surface area (Å²) in [5.74, 6) is 1.66. The van der Waals surface area contributed by atoms with Gasteiger partial charge in [-0.2, -0.15) is 0 Å². The van der Waals surface area contributed by atoms with E-state index < -0.39 is 0 Å². The van der Waals surface area contributed by atoms with Crippen molar-refractivity contribution in [3.8, 4) is 5.75 Å². The highest BCUT2D eigenvalue weighted by Crippen LogP contribution is 2.15. The number of nitrogens with one attached hydrogen (secondary N) is 1. The molecule has 1 N–H and O–H groups in total. The number of nitrogens with zero attached hydrogens (tertiary/aromatic N) is 2. The van der Waals surface area contributed by atoms with E-state index in [1.165, 1.54) is 25.9 Å². The summed E-state index contributed by atoms with van der Waals surface area (Å²) in [7, 11) is 3.91. The van der Waals surface area contributed by atoms with Crippen molar-refractivity contribution in [3.63, 3.8) is 0 Å². The van der Waals surface area contributed by atoms with E-state index >= 15 is 0 Å². The summed E-state index contributed by atoms with van der Waals surface area (Å²) in [5, 5.41) is 3.53. The fraction of sp³-hybridized carbons (Fsp3) is 0.667. The summed E-state index contributed by atoms with van der Waals surface area (Å²) in [5.41, 5.74) is 2.06. The number of rotatable bonds is 5. The van der Waals surface area contributed by atoms with Crippen LogP contribution in [0.3, 0.4) is 0 Å². The molecule has 1 unspecified atom stereocenters. The highest BCUT2D eigenvalue weighted by Gasteiger charge is 2.16. The minimum atomic E-state index is 0.769. The average Bonchev–Trinajstić information content (AvgIpc) is 2.38. The van der Waals surface area contributed by atoms with Gasteiger partial charge in [0.05, 0.1) is 12.8 Å². The zero-order valence-corrected chi connectivity index (χ0v) is 12.3. The molecule has 1 aliphatic rings. The highest BCUT2D eigenvalue weighted by atomic mass is 16.5. The van der Waals surface area contributed by atoms with Crippen LogP contribution in [-0.2, 0) is 6.54 Å². The predicted octanol–water partition coefficient (Wildman–Crippen LogP) is 1.83. The Kier molecular flexibility index (Phi) is 5.16. The zero-order valence-electron chi connectivity index (χ0n) is 12.3. The Balaban J connectivity index is 1.80. The Morgan fingerprint density at radius 2 is 2.32 bits per heavy atom. The molecule has 2 heterocycles. The van der Waals surface area contributed by atoms with Crippen LogP contribution in [-0.4, -0.2) is 43.7 Å². The van der Waals surface area contributed by atoms with Gasteiger partial charge in [0, 0.05) is 30.9 Å². The Labute approximate surface area is 116 Å². The van der Waals surface area contributed by atoms with Gasteiger partial charge in [-0.1, -0.05) is 0 Å². The maximum absolute atomic E-state index is 5.27. The van der Waals surface area contributed by atoms with Crippen molar-refractivity contribution in [3.05, 3.63) is 23.5 Å². The summed E-state index contributed by atoms with van der Waals surface area (Å²) in [4.78, 5) is 6.95. The second-order valence-corrected chi connectivity index (χ2v) is 5.54. The van der Waals surface area contributed by atoms with Gasteiger partial charge < -0.3 is 15.0 Å². The first-order chi connectivity index (χ1) is 9.17. The van der Waals surface area contributed by atoms with Gasteiger partial charge in [0.2, 0.25) is 0 Å².